The molecule has 0 bridgehead atoms. The van der Waals surface area contributed by atoms with Gasteiger partial charge in [0.1, 0.15) is 5.75 Å². The lowest BCUT2D eigenvalue weighted by atomic mass is 10.1. The van der Waals surface area contributed by atoms with Gasteiger partial charge in [-0.3, -0.25) is 4.68 Å². The standard InChI is InChI=1S/C15H19IN2O/c1-11(2)8-15-14(16)9-17-18(15)10-12-4-6-13(19-3)7-5-12/h4-7,9,11H,8,10H2,1-3H3. The summed E-state index contributed by atoms with van der Waals surface area (Å²) >= 11 is 2.37. The highest BCUT2D eigenvalue weighted by molar-refractivity contribution is 14.1. The molecule has 0 aliphatic carbocycles. The first-order valence-electron chi connectivity index (χ1n) is 6.43. The summed E-state index contributed by atoms with van der Waals surface area (Å²) in [5, 5.41) is 4.48. The smallest absolute Gasteiger partial charge is 0.118 e. The fraction of sp³-hybridized carbons (Fsp3) is 0.400. The normalized spacial score (nSPS) is 11.0. The van der Waals surface area contributed by atoms with Crippen LogP contribution in [0.4, 0.5) is 0 Å². The highest BCUT2D eigenvalue weighted by Crippen LogP contribution is 2.18. The van der Waals surface area contributed by atoms with Gasteiger partial charge in [-0.2, -0.15) is 5.10 Å². The van der Waals surface area contributed by atoms with E-state index < -0.39 is 0 Å². The van der Waals surface area contributed by atoms with Crippen LogP contribution in [0.5, 0.6) is 5.75 Å². The minimum Gasteiger partial charge on any atom is -0.497 e. The first kappa shape index (κ1) is 14.4. The summed E-state index contributed by atoms with van der Waals surface area (Å²) < 4.78 is 8.53. The lowest BCUT2D eigenvalue weighted by Crippen LogP contribution is -2.09. The van der Waals surface area contributed by atoms with Crippen LogP contribution in [0.3, 0.4) is 0 Å². The van der Waals surface area contributed by atoms with Crippen LogP contribution in [0.15, 0.2) is 30.5 Å². The number of hydrogen-bond donors (Lipinski definition) is 0. The van der Waals surface area contributed by atoms with Crippen LogP contribution in [-0.4, -0.2) is 16.9 Å². The molecule has 0 N–H and O–H groups in total. The van der Waals surface area contributed by atoms with Crippen molar-refractivity contribution in [1.29, 1.82) is 0 Å². The van der Waals surface area contributed by atoms with Crippen LogP contribution in [0, 0.1) is 9.49 Å². The molecule has 3 nitrogen and oxygen atoms in total. The van der Waals surface area contributed by atoms with Gasteiger partial charge in [0, 0.05) is 0 Å². The molecule has 1 heterocycles. The monoisotopic (exact) mass is 370 g/mol. The van der Waals surface area contributed by atoms with Crippen molar-refractivity contribution >= 4 is 22.6 Å². The van der Waals surface area contributed by atoms with E-state index in [1.54, 1.807) is 7.11 Å². The Bertz CT molecular complexity index is 532. The fourth-order valence-electron chi connectivity index (χ4n) is 2.02. The highest BCUT2D eigenvalue weighted by atomic mass is 127. The van der Waals surface area contributed by atoms with Crippen LogP contribution >= 0.6 is 22.6 Å². The highest BCUT2D eigenvalue weighted by Gasteiger charge is 2.10. The van der Waals surface area contributed by atoms with Crippen molar-refractivity contribution < 1.29 is 4.74 Å². The average Bonchev–Trinajstić information content (AvgIpc) is 2.72. The van der Waals surface area contributed by atoms with Crippen LogP contribution in [0.2, 0.25) is 0 Å². The largest absolute Gasteiger partial charge is 0.497 e. The van der Waals surface area contributed by atoms with E-state index in [2.05, 4.69) is 58.4 Å². The zero-order chi connectivity index (χ0) is 13.8. The number of halogens is 1. The Kier molecular flexibility index (Phi) is 4.85. The predicted molar refractivity (Wildman–Crippen MR) is 85.6 cm³/mol. The van der Waals surface area contributed by atoms with Gasteiger partial charge in [0.25, 0.3) is 0 Å². The van der Waals surface area contributed by atoms with Gasteiger partial charge in [-0.1, -0.05) is 26.0 Å². The molecule has 0 aliphatic heterocycles. The molecular weight excluding hydrogens is 351 g/mol. The lowest BCUT2D eigenvalue weighted by molar-refractivity contribution is 0.414. The second-order valence-corrected chi connectivity index (χ2v) is 6.21. The number of hydrogen-bond acceptors (Lipinski definition) is 2. The maximum Gasteiger partial charge on any atom is 0.118 e. The van der Waals surface area contributed by atoms with E-state index >= 15 is 0 Å². The summed E-state index contributed by atoms with van der Waals surface area (Å²) in [6, 6.07) is 8.16. The van der Waals surface area contributed by atoms with Gasteiger partial charge < -0.3 is 4.74 Å². The Morgan fingerprint density at radius 2 is 1.95 bits per heavy atom. The SMILES string of the molecule is COc1ccc(Cn2ncc(I)c2CC(C)C)cc1. The van der Waals surface area contributed by atoms with Crippen molar-refractivity contribution in [2.75, 3.05) is 7.11 Å². The molecule has 0 atom stereocenters. The van der Waals surface area contributed by atoms with Crippen molar-refractivity contribution in [2.45, 2.75) is 26.8 Å². The number of methoxy groups -OCH3 is 1. The molecule has 2 aromatic rings. The van der Waals surface area contributed by atoms with Crippen LogP contribution in [0.1, 0.15) is 25.1 Å². The van der Waals surface area contributed by atoms with Crippen LogP contribution in [0.25, 0.3) is 0 Å². The van der Waals surface area contributed by atoms with E-state index in [1.165, 1.54) is 14.8 Å². The third kappa shape index (κ3) is 3.72. The molecule has 1 aromatic carbocycles. The Hall–Kier alpha value is -1.04. The number of rotatable bonds is 5. The van der Waals surface area contributed by atoms with Gasteiger partial charge in [0.2, 0.25) is 0 Å². The fourth-order valence-corrected chi connectivity index (χ4v) is 2.64. The van der Waals surface area contributed by atoms with Crippen molar-refractivity contribution in [1.82, 2.24) is 9.78 Å². The zero-order valence-electron chi connectivity index (χ0n) is 11.6. The third-order valence-corrected chi connectivity index (χ3v) is 3.89. The molecule has 2 rings (SSSR count). The Morgan fingerprint density at radius 1 is 1.26 bits per heavy atom. The topological polar surface area (TPSA) is 27.1 Å². The van der Waals surface area contributed by atoms with E-state index in [0.29, 0.717) is 5.92 Å². The molecule has 1 aromatic heterocycles. The van der Waals surface area contributed by atoms with E-state index in [0.717, 1.165) is 18.7 Å². The summed E-state index contributed by atoms with van der Waals surface area (Å²) in [6.07, 6.45) is 3.01. The summed E-state index contributed by atoms with van der Waals surface area (Å²) in [7, 11) is 1.69. The molecule has 0 saturated heterocycles. The first-order valence-corrected chi connectivity index (χ1v) is 7.51. The van der Waals surface area contributed by atoms with Gasteiger partial charge in [-0.15, -0.1) is 0 Å². The summed E-state index contributed by atoms with van der Waals surface area (Å²) in [6.45, 7) is 5.29. The minimum absolute atomic E-state index is 0.639. The third-order valence-electron chi connectivity index (χ3n) is 2.99. The van der Waals surface area contributed by atoms with Crippen molar-refractivity contribution in [3.05, 3.63) is 45.3 Å². The maximum absolute atomic E-state index is 5.18. The second kappa shape index (κ2) is 6.41. The Morgan fingerprint density at radius 3 is 2.53 bits per heavy atom. The van der Waals surface area contributed by atoms with Crippen molar-refractivity contribution in [3.8, 4) is 5.75 Å². The average molecular weight is 370 g/mol. The molecule has 19 heavy (non-hydrogen) atoms. The van der Waals surface area contributed by atoms with E-state index in [1.807, 2.05) is 18.3 Å². The molecule has 0 unspecified atom stereocenters. The van der Waals surface area contributed by atoms with Crippen molar-refractivity contribution in [2.24, 2.45) is 5.92 Å². The molecule has 4 heteroatoms. The maximum atomic E-state index is 5.18. The van der Waals surface area contributed by atoms with E-state index in [4.69, 9.17) is 4.74 Å². The van der Waals surface area contributed by atoms with Gasteiger partial charge in [-0.25, -0.2) is 0 Å². The molecule has 102 valence electrons. The van der Waals surface area contributed by atoms with E-state index in [9.17, 15) is 0 Å². The number of nitrogens with zero attached hydrogens (tertiary/aromatic N) is 2. The summed E-state index contributed by atoms with van der Waals surface area (Å²) in [5.41, 5.74) is 2.57. The second-order valence-electron chi connectivity index (χ2n) is 5.04. The molecule has 0 saturated carbocycles. The van der Waals surface area contributed by atoms with Gasteiger partial charge in [0.15, 0.2) is 0 Å². The van der Waals surface area contributed by atoms with Crippen LogP contribution in [-0.2, 0) is 13.0 Å². The molecule has 0 fully saturated rings. The minimum atomic E-state index is 0.639. The first-order chi connectivity index (χ1) is 9.10. The quantitative estimate of drug-likeness (QED) is 0.750. The number of ether oxygens (including phenoxy) is 1. The Balaban J connectivity index is 2.18. The molecule has 0 aliphatic rings. The molecular formula is C15H19IN2O. The molecule has 0 radical (unpaired) electrons. The van der Waals surface area contributed by atoms with Gasteiger partial charge in [0.05, 0.1) is 29.1 Å². The summed E-state index contributed by atoms with van der Waals surface area (Å²) in [5.74, 6) is 1.53. The zero-order valence-corrected chi connectivity index (χ0v) is 13.7. The lowest BCUT2D eigenvalue weighted by Gasteiger charge is -2.10. The molecule has 0 amide bonds. The van der Waals surface area contributed by atoms with Gasteiger partial charge >= 0.3 is 0 Å². The van der Waals surface area contributed by atoms with Crippen molar-refractivity contribution in [3.63, 3.8) is 0 Å². The van der Waals surface area contributed by atoms with E-state index in [-0.39, 0.29) is 0 Å². The van der Waals surface area contributed by atoms with Crippen LogP contribution < -0.4 is 4.74 Å². The predicted octanol–water partition coefficient (Wildman–Crippen LogP) is 3.74. The number of aromatic nitrogens is 2. The number of benzene rings is 1. The summed E-state index contributed by atoms with van der Waals surface area (Å²) in [4.78, 5) is 0. The molecule has 0 spiro atoms. The Labute approximate surface area is 128 Å². The van der Waals surface area contributed by atoms with Gasteiger partial charge in [-0.05, 0) is 52.6 Å².